The monoisotopic (exact) mass is 434 g/mol. The molecule has 0 fully saturated rings. The van der Waals surface area contributed by atoms with Gasteiger partial charge in [-0.2, -0.15) is 5.10 Å². The van der Waals surface area contributed by atoms with Crippen LogP contribution in [0.15, 0.2) is 65.7 Å². The third kappa shape index (κ3) is 4.17. The minimum atomic E-state index is -0.456. The van der Waals surface area contributed by atoms with Crippen molar-refractivity contribution < 1.29 is 14.3 Å². The summed E-state index contributed by atoms with van der Waals surface area (Å²) in [4.78, 5) is 25.6. The van der Waals surface area contributed by atoms with Gasteiger partial charge >= 0.3 is 0 Å². The summed E-state index contributed by atoms with van der Waals surface area (Å²) < 4.78 is 15.9. The maximum Gasteiger partial charge on any atom is 0.277 e. The Kier molecular flexibility index (Phi) is 5.87. The summed E-state index contributed by atoms with van der Waals surface area (Å²) in [5.41, 5.74) is 2.81. The highest BCUT2D eigenvalue weighted by atomic mass is 19.1. The lowest BCUT2D eigenvalue weighted by Gasteiger charge is -2.10. The highest BCUT2D eigenvalue weighted by molar-refractivity contribution is 5.90. The predicted molar refractivity (Wildman–Crippen MR) is 120 cm³/mol. The highest BCUT2D eigenvalue weighted by Crippen LogP contribution is 2.25. The lowest BCUT2D eigenvalue weighted by molar-refractivity contribution is -0.116. The second-order valence-electron chi connectivity index (χ2n) is 7.84. The van der Waals surface area contributed by atoms with Crippen LogP contribution in [0.4, 0.5) is 10.1 Å². The largest absolute Gasteiger partial charge is 0.392 e. The van der Waals surface area contributed by atoms with E-state index in [2.05, 4.69) is 24.3 Å². The zero-order valence-corrected chi connectivity index (χ0v) is 17.7. The van der Waals surface area contributed by atoms with E-state index in [0.717, 1.165) is 0 Å². The van der Waals surface area contributed by atoms with Gasteiger partial charge in [0, 0.05) is 29.2 Å². The fourth-order valence-electron chi connectivity index (χ4n) is 3.57. The lowest BCUT2D eigenvalue weighted by Crippen LogP contribution is -2.28. The zero-order chi connectivity index (χ0) is 22.8. The Hall–Kier alpha value is -3.78. The number of rotatable bonds is 6. The fraction of sp³-hybridized carbons (Fsp3) is 0.208. The SMILES string of the molecule is CC(C)c1ccc(NC(=O)Cn2ccn3nc(-c4ccc(F)cc4)c(CO)c3c2=O)cc1. The van der Waals surface area contributed by atoms with Crippen molar-refractivity contribution in [3.63, 3.8) is 0 Å². The van der Waals surface area contributed by atoms with Gasteiger partial charge in [-0.1, -0.05) is 26.0 Å². The molecule has 0 spiro atoms. The van der Waals surface area contributed by atoms with E-state index in [9.17, 15) is 19.1 Å². The van der Waals surface area contributed by atoms with Crippen molar-refractivity contribution in [3.05, 3.63) is 88.2 Å². The molecule has 0 saturated heterocycles. The molecule has 0 bridgehead atoms. The van der Waals surface area contributed by atoms with Crippen LogP contribution in [0.1, 0.15) is 30.9 Å². The number of amides is 1. The van der Waals surface area contributed by atoms with E-state index in [1.165, 1.54) is 45.1 Å². The topological polar surface area (TPSA) is 88.6 Å². The summed E-state index contributed by atoms with van der Waals surface area (Å²) in [5, 5.41) is 17.1. The van der Waals surface area contributed by atoms with Crippen molar-refractivity contribution >= 4 is 17.1 Å². The molecule has 0 atom stereocenters. The van der Waals surface area contributed by atoms with E-state index in [0.29, 0.717) is 28.4 Å². The third-order valence-electron chi connectivity index (χ3n) is 5.31. The van der Waals surface area contributed by atoms with Crippen LogP contribution >= 0.6 is 0 Å². The molecule has 0 unspecified atom stereocenters. The molecule has 0 aliphatic carbocycles. The zero-order valence-electron chi connectivity index (χ0n) is 17.7. The summed E-state index contributed by atoms with van der Waals surface area (Å²) in [6, 6.07) is 13.2. The quantitative estimate of drug-likeness (QED) is 0.486. The molecule has 7 nitrogen and oxygen atoms in total. The average molecular weight is 434 g/mol. The van der Waals surface area contributed by atoms with Gasteiger partial charge in [0.15, 0.2) is 0 Å². The summed E-state index contributed by atoms with van der Waals surface area (Å²) >= 11 is 0. The minimum absolute atomic E-state index is 0.170. The lowest BCUT2D eigenvalue weighted by atomic mass is 10.0. The van der Waals surface area contributed by atoms with Crippen LogP contribution in [0.5, 0.6) is 0 Å². The molecule has 2 heterocycles. The molecular weight excluding hydrogens is 411 g/mol. The molecule has 0 aliphatic heterocycles. The molecular formula is C24H23FN4O3. The summed E-state index contributed by atoms with van der Waals surface area (Å²) in [5.74, 6) is -0.353. The molecule has 4 rings (SSSR count). The number of carbonyl (C=O) groups is 1. The van der Waals surface area contributed by atoms with Crippen LogP contribution in [0, 0.1) is 5.82 Å². The number of aliphatic hydroxyl groups excluding tert-OH is 1. The fourth-order valence-corrected chi connectivity index (χ4v) is 3.57. The van der Waals surface area contributed by atoms with Gasteiger partial charge in [-0.05, 0) is 47.9 Å². The first-order valence-corrected chi connectivity index (χ1v) is 10.2. The number of hydrogen-bond donors (Lipinski definition) is 2. The second-order valence-corrected chi connectivity index (χ2v) is 7.84. The van der Waals surface area contributed by atoms with Gasteiger partial charge in [0.25, 0.3) is 5.56 Å². The van der Waals surface area contributed by atoms with Crippen molar-refractivity contribution in [2.45, 2.75) is 32.9 Å². The van der Waals surface area contributed by atoms with Crippen molar-refractivity contribution in [1.82, 2.24) is 14.2 Å². The molecule has 4 aromatic rings. The van der Waals surface area contributed by atoms with Crippen LogP contribution in [0.3, 0.4) is 0 Å². The Morgan fingerprint density at radius 3 is 2.41 bits per heavy atom. The molecule has 0 radical (unpaired) electrons. The molecule has 2 aromatic carbocycles. The number of benzene rings is 2. The van der Waals surface area contributed by atoms with Gasteiger partial charge in [-0.15, -0.1) is 0 Å². The molecule has 2 aromatic heterocycles. The van der Waals surface area contributed by atoms with Crippen molar-refractivity contribution in [2.75, 3.05) is 5.32 Å². The summed E-state index contributed by atoms with van der Waals surface area (Å²) in [6.07, 6.45) is 3.02. The molecule has 0 saturated carbocycles. The summed E-state index contributed by atoms with van der Waals surface area (Å²) in [7, 11) is 0. The number of carbonyl (C=O) groups excluding carboxylic acids is 1. The van der Waals surface area contributed by atoms with Gasteiger partial charge in [0.2, 0.25) is 5.91 Å². The highest BCUT2D eigenvalue weighted by Gasteiger charge is 2.18. The molecule has 164 valence electrons. The number of aromatic nitrogens is 3. The first-order valence-electron chi connectivity index (χ1n) is 10.2. The molecule has 1 amide bonds. The predicted octanol–water partition coefficient (Wildman–Crippen LogP) is 3.56. The number of aliphatic hydroxyl groups is 1. The van der Waals surface area contributed by atoms with Crippen LogP contribution in [-0.2, 0) is 17.9 Å². The van der Waals surface area contributed by atoms with E-state index >= 15 is 0 Å². The van der Waals surface area contributed by atoms with Gasteiger partial charge in [0.1, 0.15) is 17.9 Å². The van der Waals surface area contributed by atoms with Gasteiger partial charge in [-0.3, -0.25) is 9.59 Å². The van der Waals surface area contributed by atoms with E-state index < -0.39 is 18.0 Å². The van der Waals surface area contributed by atoms with Gasteiger partial charge in [0.05, 0.1) is 12.3 Å². The number of halogens is 1. The van der Waals surface area contributed by atoms with E-state index in [-0.39, 0.29) is 18.0 Å². The van der Waals surface area contributed by atoms with Crippen LogP contribution in [-0.4, -0.2) is 25.2 Å². The minimum Gasteiger partial charge on any atom is -0.392 e. The molecule has 32 heavy (non-hydrogen) atoms. The van der Waals surface area contributed by atoms with Crippen LogP contribution in [0.2, 0.25) is 0 Å². The first kappa shape index (κ1) is 21.5. The van der Waals surface area contributed by atoms with Crippen molar-refractivity contribution in [2.24, 2.45) is 0 Å². The first-order chi connectivity index (χ1) is 15.4. The smallest absolute Gasteiger partial charge is 0.277 e. The van der Waals surface area contributed by atoms with Gasteiger partial charge in [-0.25, -0.2) is 8.91 Å². The van der Waals surface area contributed by atoms with E-state index in [4.69, 9.17) is 0 Å². The Labute approximate surface area is 183 Å². The third-order valence-corrected chi connectivity index (χ3v) is 5.31. The van der Waals surface area contributed by atoms with E-state index in [1.807, 2.05) is 24.3 Å². The Bertz CT molecular complexity index is 1320. The van der Waals surface area contributed by atoms with E-state index in [1.54, 1.807) is 6.20 Å². The number of nitrogens with zero attached hydrogens (tertiary/aromatic N) is 3. The number of hydrogen-bond acceptors (Lipinski definition) is 4. The van der Waals surface area contributed by atoms with Crippen molar-refractivity contribution in [1.29, 1.82) is 0 Å². The summed E-state index contributed by atoms with van der Waals surface area (Å²) in [6.45, 7) is 3.57. The molecule has 8 heteroatoms. The number of anilines is 1. The Morgan fingerprint density at radius 1 is 1.09 bits per heavy atom. The molecule has 2 N–H and O–H groups in total. The normalized spacial score (nSPS) is 11.3. The Morgan fingerprint density at radius 2 is 1.78 bits per heavy atom. The van der Waals surface area contributed by atoms with Gasteiger partial charge < -0.3 is 15.0 Å². The molecule has 0 aliphatic rings. The number of fused-ring (bicyclic) bond motifs is 1. The Balaban J connectivity index is 1.62. The maximum absolute atomic E-state index is 13.3. The second kappa shape index (κ2) is 8.76. The van der Waals surface area contributed by atoms with Crippen LogP contribution < -0.4 is 10.9 Å². The number of nitrogens with one attached hydrogen (secondary N) is 1. The van der Waals surface area contributed by atoms with Crippen LogP contribution in [0.25, 0.3) is 16.8 Å². The standard InChI is InChI=1S/C24H23FN4O3/c1-15(2)16-5-9-19(10-6-16)26-21(31)13-28-11-12-29-23(24(28)32)20(14-30)22(27-29)17-3-7-18(25)8-4-17/h3-12,15,30H,13-14H2,1-2H3,(H,26,31). The van der Waals surface area contributed by atoms with Crippen molar-refractivity contribution in [3.8, 4) is 11.3 Å². The average Bonchev–Trinajstić information content (AvgIpc) is 3.16. The maximum atomic E-state index is 13.3.